The molecule has 4 rings (SSSR count). The molecular formula is C22H15F2NO4S. The molecular weight excluding hydrogens is 412 g/mol. The lowest BCUT2D eigenvalue weighted by Gasteiger charge is -2.20. The van der Waals surface area contributed by atoms with E-state index < -0.39 is 39.2 Å². The molecule has 0 radical (unpaired) electrons. The van der Waals surface area contributed by atoms with E-state index in [4.69, 9.17) is 0 Å². The molecule has 1 unspecified atom stereocenters. The van der Waals surface area contributed by atoms with E-state index in [0.29, 0.717) is 6.07 Å². The predicted octanol–water partition coefficient (Wildman–Crippen LogP) is 3.83. The first kappa shape index (κ1) is 19.9. The highest BCUT2D eigenvalue weighted by molar-refractivity contribution is 7.91. The van der Waals surface area contributed by atoms with Crippen LogP contribution in [0.2, 0.25) is 0 Å². The van der Waals surface area contributed by atoms with Crippen molar-refractivity contribution in [1.29, 1.82) is 0 Å². The van der Waals surface area contributed by atoms with Crippen LogP contribution in [-0.4, -0.2) is 20.1 Å². The minimum atomic E-state index is -3.98. The van der Waals surface area contributed by atoms with Gasteiger partial charge in [-0.05, 0) is 43.3 Å². The minimum absolute atomic E-state index is 0.00104. The molecule has 152 valence electrons. The molecule has 0 fully saturated rings. The Bertz CT molecular complexity index is 1320. The highest BCUT2D eigenvalue weighted by Crippen LogP contribution is 2.34. The number of hydrogen-bond acceptors (Lipinski definition) is 4. The normalized spacial score (nSPS) is 15.1. The molecule has 0 aromatic heterocycles. The number of fused-ring (bicyclic) bond motifs is 2. The molecule has 3 aromatic carbocycles. The van der Waals surface area contributed by atoms with Gasteiger partial charge in [0.25, 0.3) is 5.91 Å². The Labute approximate surface area is 171 Å². The lowest BCUT2D eigenvalue weighted by atomic mass is 10.0. The highest BCUT2D eigenvalue weighted by Gasteiger charge is 2.35. The lowest BCUT2D eigenvalue weighted by Crippen LogP contribution is -2.28. The van der Waals surface area contributed by atoms with Gasteiger partial charge in [-0.15, -0.1) is 0 Å². The summed E-state index contributed by atoms with van der Waals surface area (Å²) in [6.07, 6.45) is 0. The zero-order valence-electron chi connectivity index (χ0n) is 15.6. The predicted molar refractivity (Wildman–Crippen MR) is 104 cm³/mol. The van der Waals surface area contributed by atoms with Crippen molar-refractivity contribution < 1.29 is 26.8 Å². The fourth-order valence-electron chi connectivity index (χ4n) is 3.44. The number of rotatable bonds is 3. The smallest absolute Gasteiger partial charge is 0.251 e. The number of nitrogens with one attached hydrogen (secondary N) is 1. The van der Waals surface area contributed by atoms with Crippen molar-refractivity contribution in [2.45, 2.75) is 22.8 Å². The Morgan fingerprint density at radius 3 is 2.37 bits per heavy atom. The molecule has 30 heavy (non-hydrogen) atoms. The number of carbonyl (C=O) groups excluding carboxylic acids is 2. The number of amides is 1. The first-order chi connectivity index (χ1) is 14.2. The zero-order chi connectivity index (χ0) is 21.6. The van der Waals surface area contributed by atoms with Gasteiger partial charge in [-0.3, -0.25) is 9.59 Å². The number of hydrogen-bond donors (Lipinski definition) is 1. The Hall–Kier alpha value is -3.39. The van der Waals surface area contributed by atoms with Crippen molar-refractivity contribution in [3.8, 4) is 0 Å². The van der Waals surface area contributed by atoms with E-state index in [2.05, 4.69) is 5.32 Å². The van der Waals surface area contributed by atoms with Crippen LogP contribution in [0.1, 0.15) is 44.8 Å². The zero-order valence-corrected chi connectivity index (χ0v) is 16.5. The van der Waals surface area contributed by atoms with Crippen LogP contribution in [0.4, 0.5) is 8.78 Å². The standard InChI is InChI=1S/C22H15F2NO4S/c1-12(15-9-7-14(23)11-18(15)24)25-22(27)13-6-8-17-20(10-13)30(28,29)19-5-3-2-4-16(19)21(17)26/h2-12H,1H3,(H,25,27). The van der Waals surface area contributed by atoms with Gasteiger partial charge in [-0.25, -0.2) is 17.2 Å². The maximum atomic E-state index is 14.0. The van der Waals surface area contributed by atoms with E-state index in [1.807, 2.05) is 0 Å². The first-order valence-electron chi connectivity index (χ1n) is 8.99. The van der Waals surface area contributed by atoms with Gasteiger partial charge in [0.05, 0.1) is 15.8 Å². The van der Waals surface area contributed by atoms with Crippen LogP contribution in [0.25, 0.3) is 0 Å². The molecule has 8 heteroatoms. The lowest BCUT2D eigenvalue weighted by molar-refractivity contribution is 0.0937. The molecule has 1 atom stereocenters. The van der Waals surface area contributed by atoms with Gasteiger partial charge in [0, 0.05) is 28.3 Å². The maximum Gasteiger partial charge on any atom is 0.251 e. The molecule has 0 spiro atoms. The van der Waals surface area contributed by atoms with E-state index in [1.165, 1.54) is 43.3 Å². The molecule has 5 nitrogen and oxygen atoms in total. The van der Waals surface area contributed by atoms with Crippen LogP contribution >= 0.6 is 0 Å². The Balaban J connectivity index is 1.68. The van der Waals surface area contributed by atoms with Gasteiger partial charge in [-0.1, -0.05) is 18.2 Å². The summed E-state index contributed by atoms with van der Waals surface area (Å²) >= 11 is 0. The summed E-state index contributed by atoms with van der Waals surface area (Å²) in [4.78, 5) is 25.0. The molecule has 3 aromatic rings. The summed E-state index contributed by atoms with van der Waals surface area (Å²) in [6.45, 7) is 1.52. The molecule has 1 aliphatic heterocycles. The van der Waals surface area contributed by atoms with Crippen molar-refractivity contribution >= 4 is 21.5 Å². The van der Waals surface area contributed by atoms with Crippen LogP contribution in [0.5, 0.6) is 0 Å². The molecule has 0 aliphatic carbocycles. The minimum Gasteiger partial charge on any atom is -0.345 e. The quantitative estimate of drug-likeness (QED) is 0.539. The van der Waals surface area contributed by atoms with Gasteiger partial charge in [0.2, 0.25) is 9.84 Å². The second kappa shape index (κ2) is 7.14. The third-order valence-electron chi connectivity index (χ3n) is 4.98. The third kappa shape index (κ3) is 3.19. The largest absolute Gasteiger partial charge is 0.345 e. The van der Waals surface area contributed by atoms with Crippen LogP contribution in [-0.2, 0) is 9.84 Å². The molecule has 0 saturated carbocycles. The van der Waals surface area contributed by atoms with E-state index in [9.17, 15) is 26.8 Å². The average Bonchev–Trinajstić information content (AvgIpc) is 2.72. The summed E-state index contributed by atoms with van der Waals surface area (Å²) in [6, 6.07) is 11.9. The maximum absolute atomic E-state index is 14.0. The van der Waals surface area contributed by atoms with E-state index in [0.717, 1.165) is 12.1 Å². The second-order valence-electron chi connectivity index (χ2n) is 6.90. The Morgan fingerprint density at radius 1 is 0.933 bits per heavy atom. The van der Waals surface area contributed by atoms with Gasteiger partial charge < -0.3 is 5.32 Å². The van der Waals surface area contributed by atoms with Crippen LogP contribution in [0.15, 0.2) is 70.5 Å². The molecule has 1 heterocycles. The molecule has 1 N–H and O–H groups in total. The number of halogens is 2. The highest BCUT2D eigenvalue weighted by atomic mass is 32.2. The van der Waals surface area contributed by atoms with Crippen LogP contribution in [0, 0.1) is 11.6 Å². The van der Waals surface area contributed by atoms with Gasteiger partial charge in [0.1, 0.15) is 11.6 Å². The first-order valence-corrected chi connectivity index (χ1v) is 10.5. The molecule has 0 saturated heterocycles. The van der Waals surface area contributed by atoms with E-state index in [-0.39, 0.29) is 32.0 Å². The van der Waals surface area contributed by atoms with Gasteiger partial charge in [0.15, 0.2) is 5.78 Å². The molecule has 0 bridgehead atoms. The van der Waals surface area contributed by atoms with Crippen LogP contribution in [0.3, 0.4) is 0 Å². The van der Waals surface area contributed by atoms with Crippen molar-refractivity contribution in [2.24, 2.45) is 0 Å². The van der Waals surface area contributed by atoms with Crippen molar-refractivity contribution in [3.05, 3.63) is 94.6 Å². The fraction of sp³-hybridized carbons (Fsp3) is 0.0909. The number of carbonyl (C=O) groups is 2. The number of sulfone groups is 1. The fourth-order valence-corrected chi connectivity index (χ4v) is 5.11. The summed E-state index contributed by atoms with van der Waals surface area (Å²) < 4.78 is 53.0. The summed E-state index contributed by atoms with van der Waals surface area (Å²) in [5, 5.41) is 2.56. The number of ketones is 1. The Kier molecular flexibility index (Phi) is 4.74. The Morgan fingerprint density at radius 2 is 1.63 bits per heavy atom. The summed E-state index contributed by atoms with van der Waals surface area (Å²) in [7, 11) is -3.98. The van der Waals surface area contributed by atoms with E-state index in [1.54, 1.807) is 6.07 Å². The van der Waals surface area contributed by atoms with E-state index >= 15 is 0 Å². The topological polar surface area (TPSA) is 80.3 Å². The molecule has 1 aliphatic rings. The van der Waals surface area contributed by atoms with Gasteiger partial charge in [-0.2, -0.15) is 0 Å². The van der Waals surface area contributed by atoms with Crippen LogP contribution < -0.4 is 5.32 Å². The average molecular weight is 427 g/mol. The van der Waals surface area contributed by atoms with Crippen molar-refractivity contribution in [1.82, 2.24) is 5.32 Å². The second-order valence-corrected chi connectivity index (χ2v) is 8.79. The number of benzene rings is 3. The van der Waals surface area contributed by atoms with Crippen molar-refractivity contribution in [3.63, 3.8) is 0 Å². The monoisotopic (exact) mass is 427 g/mol. The SMILES string of the molecule is CC(NC(=O)c1ccc2c(c1)S(=O)(=O)c1ccccc1C2=O)c1ccc(F)cc1F. The van der Waals surface area contributed by atoms with Crippen molar-refractivity contribution in [2.75, 3.05) is 0 Å². The summed E-state index contributed by atoms with van der Waals surface area (Å²) in [5.41, 5.74) is 0.156. The third-order valence-corrected chi connectivity index (χ3v) is 6.83. The summed E-state index contributed by atoms with van der Waals surface area (Å²) in [5.74, 6) is -2.64. The molecule has 1 amide bonds. The van der Waals surface area contributed by atoms with Gasteiger partial charge >= 0.3 is 0 Å².